The second kappa shape index (κ2) is 7.61. The van der Waals surface area contributed by atoms with E-state index >= 15 is 0 Å². The van der Waals surface area contributed by atoms with Crippen molar-refractivity contribution < 1.29 is 13.2 Å². The van der Waals surface area contributed by atoms with E-state index in [-0.39, 0.29) is 35.1 Å². The van der Waals surface area contributed by atoms with E-state index in [4.69, 9.17) is 0 Å². The van der Waals surface area contributed by atoms with Gasteiger partial charge in [-0.3, -0.25) is 4.79 Å². The van der Waals surface area contributed by atoms with Crippen LogP contribution in [0.2, 0.25) is 0 Å². The van der Waals surface area contributed by atoms with E-state index < -0.39 is 9.84 Å². The van der Waals surface area contributed by atoms with Crippen LogP contribution >= 0.6 is 11.8 Å². The molecule has 2 aromatic rings. The predicted octanol–water partition coefficient (Wildman–Crippen LogP) is 3.46. The van der Waals surface area contributed by atoms with Gasteiger partial charge >= 0.3 is 0 Å². The Bertz CT molecular complexity index is 1090. The highest BCUT2D eigenvalue weighted by Crippen LogP contribution is 2.41. The van der Waals surface area contributed by atoms with Crippen LogP contribution in [0.5, 0.6) is 0 Å². The molecule has 2 saturated heterocycles. The summed E-state index contributed by atoms with van der Waals surface area (Å²) in [5.41, 5.74) is 5.27. The number of hydrogen-bond donors (Lipinski definition) is 0. The topological polar surface area (TPSA) is 66.8 Å². The van der Waals surface area contributed by atoms with Crippen LogP contribution in [-0.4, -0.2) is 42.3 Å². The Morgan fingerprint density at radius 1 is 1.07 bits per heavy atom. The molecule has 0 aliphatic carbocycles. The monoisotopic (exact) mass is 428 g/mol. The Balaban J connectivity index is 1.65. The smallest absolute Gasteiger partial charge is 0.252 e. The highest BCUT2D eigenvalue weighted by molar-refractivity contribution is 8.16. The second-order valence-corrected chi connectivity index (χ2v) is 11.2. The first kappa shape index (κ1) is 20.2. The summed E-state index contributed by atoms with van der Waals surface area (Å²) in [4.78, 5) is 19.0. The van der Waals surface area contributed by atoms with Crippen LogP contribution in [0.25, 0.3) is 0 Å². The number of anilines is 1. The summed E-state index contributed by atoms with van der Waals surface area (Å²) < 4.78 is 24.4. The molecule has 0 spiro atoms. The van der Waals surface area contributed by atoms with Gasteiger partial charge < -0.3 is 4.90 Å². The van der Waals surface area contributed by atoms with Crippen molar-refractivity contribution in [3.8, 4) is 0 Å². The molecule has 0 N–H and O–H groups in total. The van der Waals surface area contributed by atoms with Crippen LogP contribution in [0.15, 0.2) is 47.5 Å². The molecule has 0 unspecified atom stereocenters. The van der Waals surface area contributed by atoms with Crippen LogP contribution < -0.4 is 4.90 Å². The molecule has 2 aliphatic heterocycles. The third kappa shape index (κ3) is 4.26. The number of fused-ring (bicyclic) bond motifs is 1. The van der Waals surface area contributed by atoms with Gasteiger partial charge in [-0.15, -0.1) is 0 Å². The Labute approximate surface area is 176 Å². The van der Waals surface area contributed by atoms with Gasteiger partial charge in [0.05, 0.1) is 24.0 Å². The number of nitrogens with zero attached hydrogens (tertiary/aromatic N) is 2. The van der Waals surface area contributed by atoms with Crippen molar-refractivity contribution in [2.45, 2.75) is 38.5 Å². The van der Waals surface area contributed by atoms with Crippen molar-refractivity contribution >= 4 is 38.4 Å². The summed E-state index contributed by atoms with van der Waals surface area (Å²) >= 11 is 1.41. The average molecular weight is 429 g/mol. The van der Waals surface area contributed by atoms with Gasteiger partial charge in [-0.25, -0.2) is 8.42 Å². The van der Waals surface area contributed by atoms with Crippen LogP contribution in [0.1, 0.15) is 22.3 Å². The first-order valence-electron chi connectivity index (χ1n) is 9.62. The third-order valence-electron chi connectivity index (χ3n) is 5.53. The Morgan fingerprint density at radius 3 is 2.48 bits per heavy atom. The number of amidine groups is 1. The van der Waals surface area contributed by atoms with E-state index in [2.05, 4.69) is 4.99 Å². The second-order valence-electron chi connectivity index (χ2n) is 7.89. The Morgan fingerprint density at radius 2 is 1.79 bits per heavy atom. The van der Waals surface area contributed by atoms with Crippen molar-refractivity contribution in [3.05, 3.63) is 64.7 Å². The van der Waals surface area contributed by atoms with Crippen molar-refractivity contribution in [1.29, 1.82) is 0 Å². The molecular weight excluding hydrogens is 404 g/mol. The fourth-order valence-electron chi connectivity index (χ4n) is 3.77. The van der Waals surface area contributed by atoms with Gasteiger partial charge in [0, 0.05) is 10.9 Å². The number of carbonyl (C=O) groups is 1. The van der Waals surface area contributed by atoms with Crippen LogP contribution in [0, 0.1) is 20.8 Å². The molecule has 1 amide bonds. The number of hydrogen-bond acceptors (Lipinski definition) is 4. The van der Waals surface area contributed by atoms with Gasteiger partial charge in [-0.1, -0.05) is 47.7 Å². The number of aliphatic imine (C=N–C) groups is 1. The number of rotatable bonds is 3. The van der Waals surface area contributed by atoms with E-state index in [0.717, 1.165) is 22.4 Å². The van der Waals surface area contributed by atoms with Gasteiger partial charge in [-0.05, 0) is 49.6 Å². The van der Waals surface area contributed by atoms with Gasteiger partial charge in [0.1, 0.15) is 0 Å². The summed E-state index contributed by atoms with van der Waals surface area (Å²) in [5.74, 6) is 0.0189. The lowest BCUT2D eigenvalue weighted by molar-refractivity contribution is -0.117. The lowest BCUT2D eigenvalue weighted by Crippen LogP contribution is -2.37. The van der Waals surface area contributed by atoms with Crippen molar-refractivity contribution in [2.75, 3.05) is 16.4 Å². The van der Waals surface area contributed by atoms with Crippen LogP contribution in [-0.2, 0) is 21.1 Å². The maximum absolute atomic E-state index is 12.7. The lowest BCUT2D eigenvalue weighted by atomic mass is 10.1. The highest BCUT2D eigenvalue weighted by atomic mass is 32.2. The number of sulfone groups is 1. The minimum absolute atomic E-state index is 0.0902. The number of aryl methyl sites for hydroxylation is 3. The molecule has 152 valence electrons. The summed E-state index contributed by atoms with van der Waals surface area (Å²) in [6, 6.07) is 13.7. The van der Waals surface area contributed by atoms with Gasteiger partial charge in [0.2, 0.25) is 0 Å². The summed E-state index contributed by atoms with van der Waals surface area (Å²) in [7, 11) is -3.07. The minimum Gasteiger partial charge on any atom is -0.316 e. The summed E-state index contributed by atoms with van der Waals surface area (Å²) in [6.45, 7) is 6.08. The largest absolute Gasteiger partial charge is 0.316 e. The Kier molecular flexibility index (Phi) is 5.29. The number of carbonyl (C=O) groups excluding carboxylic acids is 1. The third-order valence-corrected chi connectivity index (χ3v) is 8.74. The normalized spacial score (nSPS) is 24.1. The van der Waals surface area contributed by atoms with Gasteiger partial charge in [0.15, 0.2) is 15.0 Å². The summed E-state index contributed by atoms with van der Waals surface area (Å²) in [6.07, 6.45) is 0.235. The molecule has 2 aliphatic rings. The van der Waals surface area contributed by atoms with Crippen molar-refractivity contribution in [2.24, 2.45) is 4.99 Å². The molecular formula is C22H24N2O3S2. The first-order valence-corrected chi connectivity index (χ1v) is 12.3. The minimum atomic E-state index is -3.07. The Hall–Kier alpha value is -2.12. The van der Waals surface area contributed by atoms with E-state index in [1.165, 1.54) is 17.3 Å². The van der Waals surface area contributed by atoms with Gasteiger partial charge in [0.25, 0.3) is 5.91 Å². The highest BCUT2D eigenvalue weighted by Gasteiger charge is 2.49. The molecule has 2 fully saturated rings. The standard InChI is InChI=1S/C22H24N2O3S2/c1-14-4-7-17(8-5-14)11-21(25)23-22-24(18-9-6-15(2)16(3)10-18)19-12-29(26,27)13-20(19)28-22/h4-10,19-20H,11-13H2,1-3H3/t19-,20+/m1/s1. The molecule has 0 saturated carbocycles. The number of amides is 1. The zero-order chi connectivity index (χ0) is 20.8. The van der Waals surface area contributed by atoms with E-state index in [0.29, 0.717) is 5.17 Å². The maximum Gasteiger partial charge on any atom is 0.252 e. The van der Waals surface area contributed by atoms with Crippen molar-refractivity contribution in [3.63, 3.8) is 0 Å². The zero-order valence-electron chi connectivity index (χ0n) is 16.8. The van der Waals surface area contributed by atoms with Gasteiger partial charge in [-0.2, -0.15) is 4.99 Å². The number of benzene rings is 2. The van der Waals surface area contributed by atoms with Crippen molar-refractivity contribution in [1.82, 2.24) is 0 Å². The molecule has 2 atom stereocenters. The molecule has 29 heavy (non-hydrogen) atoms. The lowest BCUT2D eigenvalue weighted by Gasteiger charge is -2.25. The zero-order valence-corrected chi connectivity index (χ0v) is 18.4. The molecule has 4 rings (SSSR count). The summed E-state index contributed by atoms with van der Waals surface area (Å²) in [5, 5.41) is 0.516. The molecule has 5 nitrogen and oxygen atoms in total. The fraction of sp³-hybridized carbons (Fsp3) is 0.364. The van der Waals surface area contributed by atoms with Crippen LogP contribution in [0.3, 0.4) is 0 Å². The molecule has 0 aromatic heterocycles. The van der Waals surface area contributed by atoms with E-state index in [1.807, 2.05) is 68.1 Å². The molecule has 7 heteroatoms. The molecule has 0 bridgehead atoms. The van der Waals surface area contributed by atoms with Crippen LogP contribution in [0.4, 0.5) is 5.69 Å². The first-order chi connectivity index (χ1) is 13.7. The van der Waals surface area contributed by atoms with E-state index in [1.54, 1.807) is 0 Å². The predicted molar refractivity (Wildman–Crippen MR) is 120 cm³/mol. The quantitative estimate of drug-likeness (QED) is 0.749. The number of thioether (sulfide) groups is 1. The van der Waals surface area contributed by atoms with E-state index in [9.17, 15) is 13.2 Å². The maximum atomic E-state index is 12.7. The molecule has 0 radical (unpaired) electrons. The SMILES string of the molecule is Cc1ccc(CC(=O)N=C2S[C@H]3CS(=O)(=O)C[C@H]3N2c2ccc(C)c(C)c2)cc1. The average Bonchev–Trinajstić information content (AvgIpc) is 3.10. The molecule has 2 aromatic carbocycles. The molecule has 2 heterocycles. The fourth-order valence-corrected chi connectivity index (χ4v) is 7.70.